The number of nitrogens with zero attached hydrogens (tertiary/aromatic N) is 2. The van der Waals surface area contributed by atoms with E-state index in [0.717, 1.165) is 0 Å². The van der Waals surface area contributed by atoms with Crippen molar-refractivity contribution >= 4 is 21.8 Å². The Labute approximate surface area is 151 Å². The van der Waals surface area contributed by atoms with E-state index < -0.39 is 16.0 Å². The number of methoxy groups -OCH3 is 1. The Bertz CT molecular complexity index is 843. The van der Waals surface area contributed by atoms with Crippen molar-refractivity contribution in [2.75, 3.05) is 32.1 Å². The predicted molar refractivity (Wildman–Crippen MR) is 94.7 cm³/mol. The number of sulfonamides is 1. The lowest BCUT2D eigenvalue weighted by atomic mass is 10.2. The summed E-state index contributed by atoms with van der Waals surface area (Å²) in [5.74, 6) is 0.0674. The topological polar surface area (TPSA) is 120 Å². The molecule has 0 saturated carbocycles. The van der Waals surface area contributed by atoms with Gasteiger partial charge in [-0.2, -0.15) is 0 Å². The number of anilines is 1. The first-order chi connectivity index (χ1) is 12.5. The van der Waals surface area contributed by atoms with Gasteiger partial charge in [0, 0.05) is 25.5 Å². The number of esters is 1. The summed E-state index contributed by atoms with van der Waals surface area (Å²) >= 11 is 0. The van der Waals surface area contributed by atoms with Crippen LogP contribution in [-0.4, -0.2) is 51.2 Å². The van der Waals surface area contributed by atoms with Crippen LogP contribution >= 0.6 is 0 Å². The first-order valence-electron chi connectivity index (χ1n) is 7.82. The van der Waals surface area contributed by atoms with Gasteiger partial charge < -0.3 is 14.8 Å². The van der Waals surface area contributed by atoms with E-state index in [2.05, 4.69) is 24.7 Å². The van der Waals surface area contributed by atoms with Gasteiger partial charge in [-0.05, 0) is 25.1 Å². The smallest absolute Gasteiger partial charge is 0.337 e. The molecule has 0 aliphatic heterocycles. The van der Waals surface area contributed by atoms with Gasteiger partial charge in [0.15, 0.2) is 0 Å². The molecule has 2 rings (SSSR count). The molecule has 140 valence electrons. The minimum atomic E-state index is -3.89. The van der Waals surface area contributed by atoms with Crippen molar-refractivity contribution in [1.29, 1.82) is 0 Å². The van der Waals surface area contributed by atoms with Crippen LogP contribution in [0.15, 0.2) is 41.7 Å². The zero-order valence-corrected chi connectivity index (χ0v) is 15.2. The van der Waals surface area contributed by atoms with Crippen molar-refractivity contribution in [3.63, 3.8) is 0 Å². The fourth-order valence-electron chi connectivity index (χ4n) is 2.08. The molecule has 26 heavy (non-hydrogen) atoms. The number of nitrogens with one attached hydrogen (secondary N) is 2. The summed E-state index contributed by atoms with van der Waals surface area (Å²) in [4.78, 5) is 19.5. The van der Waals surface area contributed by atoms with Gasteiger partial charge >= 0.3 is 5.97 Å². The number of ether oxygens (including phenoxy) is 2. The summed E-state index contributed by atoms with van der Waals surface area (Å²) in [6.45, 7) is 2.43. The number of hydrogen-bond donors (Lipinski definition) is 2. The first kappa shape index (κ1) is 19.6. The molecule has 10 heteroatoms. The Kier molecular flexibility index (Phi) is 6.87. The summed E-state index contributed by atoms with van der Waals surface area (Å²) in [5, 5.41) is 2.94. The minimum Gasteiger partial charge on any atom is -0.492 e. The van der Waals surface area contributed by atoms with Crippen LogP contribution in [0.3, 0.4) is 0 Å². The molecule has 0 unspecified atom stereocenters. The molecule has 0 spiro atoms. The lowest BCUT2D eigenvalue weighted by molar-refractivity contribution is 0.0600. The number of carbonyl (C=O) groups excluding carboxylic acids is 1. The molecule has 1 heterocycles. The van der Waals surface area contributed by atoms with E-state index in [9.17, 15) is 13.2 Å². The molecule has 0 bridgehead atoms. The molecule has 0 saturated heterocycles. The molecule has 2 aromatic rings. The Morgan fingerprint density at radius 2 is 2.04 bits per heavy atom. The predicted octanol–water partition coefficient (Wildman–Crippen LogP) is 1.05. The van der Waals surface area contributed by atoms with Crippen molar-refractivity contribution in [1.82, 2.24) is 14.7 Å². The summed E-state index contributed by atoms with van der Waals surface area (Å²) in [5.41, 5.74) is 0.119. The van der Waals surface area contributed by atoms with Crippen molar-refractivity contribution in [2.45, 2.75) is 11.8 Å². The number of hydrogen-bond acceptors (Lipinski definition) is 8. The van der Waals surface area contributed by atoms with E-state index in [1.54, 1.807) is 6.92 Å². The number of carbonyl (C=O) groups is 1. The molecule has 2 N–H and O–H groups in total. The Morgan fingerprint density at radius 1 is 1.23 bits per heavy atom. The van der Waals surface area contributed by atoms with Crippen LogP contribution in [-0.2, 0) is 14.8 Å². The molecular formula is C16H20N4O5S. The third-order valence-electron chi connectivity index (χ3n) is 3.24. The van der Waals surface area contributed by atoms with Crippen LogP contribution in [0.4, 0.5) is 5.82 Å². The molecule has 1 aromatic carbocycles. The maximum absolute atomic E-state index is 12.6. The van der Waals surface area contributed by atoms with Gasteiger partial charge in [-0.25, -0.2) is 22.9 Å². The molecule has 0 radical (unpaired) electrons. The maximum Gasteiger partial charge on any atom is 0.337 e. The Morgan fingerprint density at radius 3 is 2.69 bits per heavy atom. The number of rotatable bonds is 9. The van der Waals surface area contributed by atoms with E-state index in [1.807, 2.05) is 0 Å². The van der Waals surface area contributed by atoms with Gasteiger partial charge in [-0.15, -0.1) is 0 Å². The van der Waals surface area contributed by atoms with Crippen molar-refractivity contribution in [2.24, 2.45) is 0 Å². The van der Waals surface area contributed by atoms with Crippen molar-refractivity contribution < 1.29 is 22.7 Å². The Balaban J connectivity index is 2.11. The highest BCUT2D eigenvalue weighted by molar-refractivity contribution is 7.89. The SMILES string of the molecule is CCOc1ccc(C(=O)OC)cc1S(=O)(=O)NCCNc1cnccn1. The molecule has 0 aliphatic rings. The standard InChI is InChI=1S/C16H20N4O5S/c1-3-25-13-5-4-12(16(21)24-2)10-14(13)26(22,23)20-9-8-19-15-11-17-6-7-18-15/h4-7,10-11,20H,3,8-9H2,1-2H3,(H,18,19). The van der Waals surface area contributed by atoms with E-state index in [4.69, 9.17) is 4.74 Å². The molecule has 0 aliphatic carbocycles. The normalized spacial score (nSPS) is 11.0. The highest BCUT2D eigenvalue weighted by Gasteiger charge is 2.21. The number of benzene rings is 1. The second-order valence-electron chi connectivity index (χ2n) is 5.00. The van der Waals surface area contributed by atoms with Crippen LogP contribution in [0, 0.1) is 0 Å². The molecule has 1 aromatic heterocycles. The molecular weight excluding hydrogens is 360 g/mol. The van der Waals surface area contributed by atoms with Gasteiger partial charge in [0.05, 0.1) is 25.5 Å². The summed E-state index contributed by atoms with van der Waals surface area (Å²) < 4.78 is 37.7. The zero-order valence-electron chi connectivity index (χ0n) is 14.4. The zero-order chi connectivity index (χ0) is 19.0. The van der Waals surface area contributed by atoms with E-state index in [1.165, 1.54) is 43.9 Å². The van der Waals surface area contributed by atoms with E-state index >= 15 is 0 Å². The maximum atomic E-state index is 12.6. The fourth-order valence-corrected chi connectivity index (χ4v) is 3.28. The quantitative estimate of drug-likeness (QED) is 0.489. The number of aromatic nitrogens is 2. The summed E-state index contributed by atoms with van der Waals surface area (Å²) in [7, 11) is -2.67. The van der Waals surface area contributed by atoms with Crippen molar-refractivity contribution in [3.8, 4) is 5.75 Å². The van der Waals surface area contributed by atoms with Gasteiger partial charge in [-0.3, -0.25) is 4.98 Å². The van der Waals surface area contributed by atoms with Gasteiger partial charge in [0.25, 0.3) is 0 Å². The van der Waals surface area contributed by atoms with Gasteiger partial charge in [-0.1, -0.05) is 0 Å². The third-order valence-corrected chi connectivity index (χ3v) is 4.72. The average molecular weight is 380 g/mol. The largest absolute Gasteiger partial charge is 0.492 e. The monoisotopic (exact) mass is 380 g/mol. The van der Waals surface area contributed by atoms with Crippen molar-refractivity contribution in [3.05, 3.63) is 42.4 Å². The Hall–Kier alpha value is -2.72. The third kappa shape index (κ3) is 5.14. The molecule has 9 nitrogen and oxygen atoms in total. The van der Waals surface area contributed by atoms with E-state index in [0.29, 0.717) is 12.4 Å². The lowest BCUT2D eigenvalue weighted by Gasteiger charge is -2.13. The van der Waals surface area contributed by atoms with Crippen LogP contribution in [0.25, 0.3) is 0 Å². The molecule has 0 amide bonds. The first-order valence-corrected chi connectivity index (χ1v) is 9.31. The second kappa shape index (κ2) is 9.11. The van der Waals surface area contributed by atoms with Crippen LogP contribution in [0.2, 0.25) is 0 Å². The van der Waals surface area contributed by atoms with Gasteiger partial charge in [0.1, 0.15) is 16.5 Å². The highest BCUT2D eigenvalue weighted by atomic mass is 32.2. The minimum absolute atomic E-state index is 0.104. The lowest BCUT2D eigenvalue weighted by Crippen LogP contribution is -2.29. The molecule has 0 atom stereocenters. The van der Waals surface area contributed by atoms with Crippen LogP contribution in [0.1, 0.15) is 17.3 Å². The second-order valence-corrected chi connectivity index (χ2v) is 6.74. The van der Waals surface area contributed by atoms with E-state index in [-0.39, 0.29) is 29.4 Å². The fraction of sp³-hybridized carbons (Fsp3) is 0.312. The summed E-state index contributed by atoms with van der Waals surface area (Å²) in [6.07, 6.45) is 4.60. The summed E-state index contributed by atoms with van der Waals surface area (Å²) in [6, 6.07) is 4.11. The molecule has 0 fully saturated rings. The highest BCUT2D eigenvalue weighted by Crippen LogP contribution is 2.25. The van der Waals surface area contributed by atoms with Crippen LogP contribution < -0.4 is 14.8 Å². The average Bonchev–Trinajstić information content (AvgIpc) is 2.66. The van der Waals surface area contributed by atoms with Crippen LogP contribution in [0.5, 0.6) is 5.75 Å². The van der Waals surface area contributed by atoms with Gasteiger partial charge in [0.2, 0.25) is 10.0 Å².